The van der Waals surface area contributed by atoms with Crippen LogP contribution in [0.4, 0.5) is 15.8 Å². The van der Waals surface area contributed by atoms with E-state index in [4.69, 9.17) is 23.2 Å². The van der Waals surface area contributed by atoms with Gasteiger partial charge in [0.15, 0.2) is 5.69 Å². The lowest BCUT2D eigenvalue weighted by Gasteiger charge is -2.43. The van der Waals surface area contributed by atoms with Gasteiger partial charge in [0.1, 0.15) is 12.0 Å². The topological polar surface area (TPSA) is 62.1 Å². The zero-order chi connectivity index (χ0) is 22.3. The van der Waals surface area contributed by atoms with E-state index < -0.39 is 11.6 Å². The standard InChI is InChI=1S/C25H18ClFN4O/c1-28-20-4-2-3-15(11-20)23(32)29-19-8-5-16(6-9-19)25(13-18(27)14-25)24-30-21-10-7-17(26)12-22(21)31-24/h2-12,18H,13-14H2,(H,29,32)(H,30,31). The maximum Gasteiger partial charge on any atom is 0.254 e. The highest BCUT2D eigenvalue weighted by atomic mass is 35.5. The van der Waals surface area contributed by atoms with Gasteiger partial charge in [0.25, 0.3) is 5.91 Å². The lowest BCUT2D eigenvalue weighted by atomic mass is 9.62. The van der Waals surface area contributed by atoms with Crippen molar-refractivity contribution in [2.45, 2.75) is 24.4 Å². The molecule has 2 N–H and O–H groups in total. The van der Waals surface area contributed by atoms with Crippen molar-refractivity contribution < 1.29 is 9.18 Å². The van der Waals surface area contributed by atoms with Gasteiger partial charge >= 0.3 is 0 Å². The molecule has 1 saturated carbocycles. The number of hydrogen-bond donors (Lipinski definition) is 2. The Bertz CT molecular complexity index is 1370. The molecule has 5 nitrogen and oxygen atoms in total. The predicted molar refractivity (Wildman–Crippen MR) is 123 cm³/mol. The zero-order valence-electron chi connectivity index (χ0n) is 16.9. The van der Waals surface area contributed by atoms with Gasteiger partial charge in [0.2, 0.25) is 0 Å². The molecule has 0 atom stereocenters. The molecular formula is C25H18ClFN4O. The number of nitrogens with zero attached hydrogens (tertiary/aromatic N) is 2. The molecule has 1 aliphatic rings. The number of carbonyl (C=O) groups excluding carboxylic acids is 1. The minimum atomic E-state index is -0.888. The Labute approximate surface area is 189 Å². The summed E-state index contributed by atoms with van der Waals surface area (Å²) < 4.78 is 14.1. The summed E-state index contributed by atoms with van der Waals surface area (Å²) in [7, 11) is 0. The Hall–Kier alpha value is -3.69. The van der Waals surface area contributed by atoms with E-state index in [0.29, 0.717) is 34.8 Å². The van der Waals surface area contributed by atoms with Crippen LogP contribution in [0.5, 0.6) is 0 Å². The van der Waals surface area contributed by atoms with E-state index in [1.165, 1.54) is 0 Å². The van der Waals surface area contributed by atoms with Crippen LogP contribution in [0, 0.1) is 6.57 Å². The van der Waals surface area contributed by atoms with Crippen molar-refractivity contribution in [1.29, 1.82) is 0 Å². The molecule has 3 aromatic carbocycles. The number of rotatable bonds is 4. The summed E-state index contributed by atoms with van der Waals surface area (Å²) in [6, 6.07) is 19.4. The summed E-state index contributed by atoms with van der Waals surface area (Å²) in [4.78, 5) is 23.9. The summed E-state index contributed by atoms with van der Waals surface area (Å²) in [5.74, 6) is 0.427. The van der Waals surface area contributed by atoms with Gasteiger partial charge in [-0.3, -0.25) is 4.79 Å². The molecule has 1 amide bonds. The second-order valence-corrected chi connectivity index (χ2v) is 8.46. The third kappa shape index (κ3) is 3.51. The number of halogens is 2. The number of aromatic nitrogens is 2. The van der Waals surface area contributed by atoms with Crippen molar-refractivity contribution in [3.05, 3.63) is 100 Å². The minimum Gasteiger partial charge on any atom is -0.341 e. The number of imidazole rings is 1. The first-order valence-electron chi connectivity index (χ1n) is 10.2. The number of hydrogen-bond acceptors (Lipinski definition) is 2. The third-order valence-corrected chi connectivity index (χ3v) is 6.21. The molecular weight excluding hydrogens is 427 g/mol. The van der Waals surface area contributed by atoms with Gasteiger partial charge in [0, 0.05) is 16.3 Å². The van der Waals surface area contributed by atoms with Crippen LogP contribution in [-0.4, -0.2) is 22.0 Å². The molecule has 1 fully saturated rings. The number of fused-ring (bicyclic) bond motifs is 1. The molecule has 0 unspecified atom stereocenters. The van der Waals surface area contributed by atoms with E-state index in [9.17, 15) is 9.18 Å². The fourth-order valence-electron chi connectivity index (χ4n) is 4.26. The summed E-state index contributed by atoms with van der Waals surface area (Å²) in [6.07, 6.45) is -0.202. The first kappa shape index (κ1) is 20.2. The minimum absolute atomic E-state index is 0.292. The number of H-pyrrole nitrogens is 1. The lowest BCUT2D eigenvalue weighted by Crippen LogP contribution is -2.44. The molecule has 1 heterocycles. The van der Waals surface area contributed by atoms with Crippen molar-refractivity contribution in [3.63, 3.8) is 0 Å². The average Bonchev–Trinajstić information content (AvgIpc) is 3.20. The van der Waals surface area contributed by atoms with Gasteiger partial charge in [-0.15, -0.1) is 0 Å². The molecule has 32 heavy (non-hydrogen) atoms. The molecule has 0 saturated heterocycles. The summed E-state index contributed by atoms with van der Waals surface area (Å²) in [5, 5.41) is 3.46. The van der Waals surface area contributed by atoms with Crippen LogP contribution in [0.2, 0.25) is 5.02 Å². The third-order valence-electron chi connectivity index (χ3n) is 5.97. The Morgan fingerprint density at radius 1 is 1.16 bits per heavy atom. The van der Waals surface area contributed by atoms with Gasteiger partial charge in [-0.2, -0.15) is 0 Å². The number of carbonyl (C=O) groups is 1. The van der Waals surface area contributed by atoms with Crippen molar-refractivity contribution in [1.82, 2.24) is 9.97 Å². The van der Waals surface area contributed by atoms with Crippen molar-refractivity contribution >= 4 is 39.9 Å². The SMILES string of the molecule is [C-]#[N+]c1cccc(C(=O)Nc2ccc(C3(c4nc5ccc(Cl)cc5[nH]4)CC(F)C3)cc2)c1. The molecule has 4 aromatic rings. The largest absolute Gasteiger partial charge is 0.341 e. The molecule has 7 heteroatoms. The Morgan fingerprint density at radius 3 is 2.66 bits per heavy atom. The maximum absolute atomic E-state index is 14.1. The quantitative estimate of drug-likeness (QED) is 0.356. The van der Waals surface area contributed by atoms with E-state index in [-0.39, 0.29) is 5.91 Å². The Morgan fingerprint density at radius 2 is 1.94 bits per heavy atom. The van der Waals surface area contributed by atoms with E-state index in [1.54, 1.807) is 42.5 Å². The average molecular weight is 445 g/mol. The monoisotopic (exact) mass is 444 g/mol. The van der Waals surface area contributed by atoms with Crippen LogP contribution in [0.15, 0.2) is 66.7 Å². The fourth-order valence-corrected chi connectivity index (χ4v) is 4.44. The molecule has 0 spiro atoms. The second kappa shape index (κ2) is 7.77. The highest BCUT2D eigenvalue weighted by Gasteiger charge is 2.49. The van der Waals surface area contributed by atoms with Crippen molar-refractivity contribution in [2.75, 3.05) is 5.32 Å². The molecule has 1 aliphatic carbocycles. The zero-order valence-corrected chi connectivity index (χ0v) is 17.7. The Balaban J connectivity index is 1.42. The summed E-state index contributed by atoms with van der Waals surface area (Å²) in [6.45, 7) is 7.09. The van der Waals surface area contributed by atoms with Gasteiger partial charge in [-0.25, -0.2) is 14.2 Å². The maximum atomic E-state index is 14.1. The molecule has 0 bridgehead atoms. The number of aromatic amines is 1. The van der Waals surface area contributed by atoms with Crippen LogP contribution in [0.1, 0.15) is 34.6 Å². The van der Waals surface area contributed by atoms with E-state index in [1.807, 2.05) is 24.3 Å². The van der Waals surface area contributed by atoms with Crippen LogP contribution >= 0.6 is 11.6 Å². The van der Waals surface area contributed by atoms with Gasteiger partial charge < -0.3 is 10.3 Å². The van der Waals surface area contributed by atoms with Crippen LogP contribution in [0.25, 0.3) is 15.9 Å². The van der Waals surface area contributed by atoms with E-state index in [0.717, 1.165) is 22.4 Å². The summed E-state index contributed by atoms with van der Waals surface area (Å²) in [5.41, 5.74) is 3.44. The van der Waals surface area contributed by atoms with Gasteiger partial charge in [0.05, 0.1) is 23.0 Å². The van der Waals surface area contributed by atoms with Gasteiger partial charge in [-0.1, -0.05) is 41.9 Å². The Kier molecular flexibility index (Phi) is 4.91. The second-order valence-electron chi connectivity index (χ2n) is 8.03. The summed E-state index contributed by atoms with van der Waals surface area (Å²) >= 11 is 6.09. The van der Waals surface area contributed by atoms with Crippen molar-refractivity contribution in [3.8, 4) is 0 Å². The number of benzene rings is 3. The lowest BCUT2D eigenvalue weighted by molar-refractivity contribution is 0.102. The first-order chi connectivity index (χ1) is 15.5. The number of alkyl halides is 1. The van der Waals surface area contributed by atoms with Crippen LogP contribution in [-0.2, 0) is 5.41 Å². The predicted octanol–water partition coefficient (Wildman–Crippen LogP) is 6.44. The highest BCUT2D eigenvalue weighted by Crippen LogP contribution is 2.50. The van der Waals surface area contributed by atoms with Crippen molar-refractivity contribution in [2.24, 2.45) is 0 Å². The molecule has 0 aliphatic heterocycles. The van der Waals surface area contributed by atoms with E-state index in [2.05, 4.69) is 15.1 Å². The van der Waals surface area contributed by atoms with Crippen LogP contribution < -0.4 is 5.32 Å². The van der Waals surface area contributed by atoms with E-state index >= 15 is 0 Å². The molecule has 0 radical (unpaired) electrons. The first-order valence-corrected chi connectivity index (χ1v) is 10.5. The fraction of sp³-hybridized carbons (Fsp3) is 0.160. The number of amides is 1. The van der Waals surface area contributed by atoms with Gasteiger partial charge in [-0.05, 0) is 54.8 Å². The van der Waals surface area contributed by atoms with Crippen LogP contribution in [0.3, 0.4) is 0 Å². The molecule has 158 valence electrons. The highest BCUT2D eigenvalue weighted by molar-refractivity contribution is 6.31. The number of anilines is 1. The normalized spacial score (nSPS) is 19.8. The smallest absolute Gasteiger partial charge is 0.254 e. The molecule has 5 rings (SSSR count). The molecule has 1 aromatic heterocycles. The number of nitrogens with one attached hydrogen (secondary N) is 2.